The molecule has 0 spiro atoms. The average molecular weight is 414 g/mol. The molecule has 7 heteroatoms. The molecule has 5 rings (SSSR count). The van der Waals surface area contributed by atoms with Crippen LogP contribution < -0.4 is 20.2 Å². The summed E-state index contributed by atoms with van der Waals surface area (Å²) < 4.78 is 10.5. The van der Waals surface area contributed by atoms with Crippen LogP contribution in [0.4, 0.5) is 5.69 Å². The van der Waals surface area contributed by atoms with E-state index in [1.165, 1.54) is 26.4 Å². The first-order valence-electron chi connectivity index (χ1n) is 10.8. The Balaban J connectivity index is 1.33. The first kappa shape index (κ1) is 20.7. The SMILES string of the molecule is COc1ccc(NC(=O)C/C(C)=N\NC(=O)C23CC4CC(CC(C4)C2)C3)c(OC)c1. The van der Waals surface area contributed by atoms with E-state index >= 15 is 0 Å². The first-order valence-corrected chi connectivity index (χ1v) is 10.8. The van der Waals surface area contributed by atoms with Crippen molar-refractivity contribution in [1.29, 1.82) is 0 Å². The summed E-state index contributed by atoms with van der Waals surface area (Å²) in [5.74, 6) is 3.11. The van der Waals surface area contributed by atoms with E-state index in [-0.39, 0.29) is 23.7 Å². The molecule has 0 aromatic heterocycles. The van der Waals surface area contributed by atoms with E-state index in [1.54, 1.807) is 32.2 Å². The Labute approximate surface area is 177 Å². The summed E-state index contributed by atoms with van der Waals surface area (Å²) in [5, 5.41) is 7.06. The van der Waals surface area contributed by atoms with Crippen molar-refractivity contribution in [2.75, 3.05) is 19.5 Å². The zero-order valence-corrected chi connectivity index (χ0v) is 18.0. The summed E-state index contributed by atoms with van der Waals surface area (Å²) in [6.07, 6.45) is 6.97. The summed E-state index contributed by atoms with van der Waals surface area (Å²) in [6.45, 7) is 1.75. The minimum Gasteiger partial charge on any atom is -0.497 e. The van der Waals surface area contributed by atoms with Crippen molar-refractivity contribution < 1.29 is 19.1 Å². The summed E-state index contributed by atoms with van der Waals surface area (Å²) in [7, 11) is 3.11. The van der Waals surface area contributed by atoms with Crippen molar-refractivity contribution in [2.24, 2.45) is 28.3 Å². The fourth-order valence-corrected chi connectivity index (χ4v) is 6.02. The van der Waals surface area contributed by atoms with Crippen molar-refractivity contribution in [1.82, 2.24) is 5.43 Å². The van der Waals surface area contributed by atoms with Crippen molar-refractivity contribution in [3.63, 3.8) is 0 Å². The summed E-state index contributed by atoms with van der Waals surface area (Å²) in [4.78, 5) is 25.4. The van der Waals surface area contributed by atoms with Gasteiger partial charge < -0.3 is 14.8 Å². The van der Waals surface area contributed by atoms with Gasteiger partial charge in [-0.25, -0.2) is 5.43 Å². The second-order valence-corrected chi connectivity index (χ2v) is 9.28. The molecular weight excluding hydrogens is 382 g/mol. The molecule has 4 fully saturated rings. The molecule has 7 nitrogen and oxygen atoms in total. The number of amides is 2. The van der Waals surface area contributed by atoms with E-state index < -0.39 is 0 Å². The zero-order valence-electron chi connectivity index (χ0n) is 18.0. The number of nitrogens with zero attached hydrogens (tertiary/aromatic N) is 1. The van der Waals surface area contributed by atoms with Crippen LogP contribution in [-0.4, -0.2) is 31.7 Å². The monoisotopic (exact) mass is 413 g/mol. The van der Waals surface area contributed by atoms with Crippen molar-refractivity contribution in [2.45, 2.75) is 51.9 Å². The quantitative estimate of drug-likeness (QED) is 0.526. The van der Waals surface area contributed by atoms with E-state index in [0.717, 1.165) is 19.3 Å². The highest BCUT2D eigenvalue weighted by molar-refractivity contribution is 6.06. The molecule has 0 saturated heterocycles. The summed E-state index contributed by atoms with van der Waals surface area (Å²) in [6, 6.07) is 5.20. The number of carbonyl (C=O) groups excluding carboxylic acids is 2. The highest BCUT2D eigenvalue weighted by Crippen LogP contribution is 2.60. The van der Waals surface area contributed by atoms with Crippen LogP contribution in [0.15, 0.2) is 23.3 Å². The Morgan fingerprint density at radius 3 is 2.27 bits per heavy atom. The Kier molecular flexibility index (Phi) is 5.71. The van der Waals surface area contributed by atoms with Crippen LogP contribution in [0.5, 0.6) is 11.5 Å². The summed E-state index contributed by atoms with van der Waals surface area (Å²) in [5.41, 5.74) is 3.67. The molecule has 4 saturated carbocycles. The minimum atomic E-state index is -0.239. The molecule has 4 aliphatic carbocycles. The molecule has 2 N–H and O–H groups in total. The Bertz CT molecular complexity index is 829. The number of benzene rings is 1. The van der Waals surface area contributed by atoms with E-state index in [1.807, 2.05) is 0 Å². The van der Waals surface area contributed by atoms with Gasteiger partial charge in [0.2, 0.25) is 11.8 Å². The predicted octanol–water partition coefficient (Wildman–Crippen LogP) is 3.74. The number of hydrogen-bond donors (Lipinski definition) is 2. The van der Waals surface area contributed by atoms with Crippen LogP contribution in [0.25, 0.3) is 0 Å². The molecule has 0 atom stereocenters. The van der Waals surface area contributed by atoms with Gasteiger partial charge in [0.1, 0.15) is 11.5 Å². The number of nitrogens with one attached hydrogen (secondary N) is 2. The van der Waals surface area contributed by atoms with Gasteiger partial charge in [0, 0.05) is 11.8 Å². The fourth-order valence-electron chi connectivity index (χ4n) is 6.02. The molecule has 4 bridgehead atoms. The van der Waals surface area contributed by atoms with E-state index in [2.05, 4.69) is 15.8 Å². The van der Waals surface area contributed by atoms with E-state index in [0.29, 0.717) is 40.7 Å². The lowest BCUT2D eigenvalue weighted by Gasteiger charge is -2.55. The van der Waals surface area contributed by atoms with Crippen LogP contribution in [-0.2, 0) is 9.59 Å². The third-order valence-electron chi connectivity index (χ3n) is 6.97. The number of anilines is 1. The van der Waals surface area contributed by atoms with Gasteiger partial charge in [0.25, 0.3) is 0 Å². The molecule has 162 valence electrons. The molecule has 1 aromatic carbocycles. The smallest absolute Gasteiger partial charge is 0.246 e. The number of rotatable bonds is 7. The van der Waals surface area contributed by atoms with E-state index in [9.17, 15) is 9.59 Å². The van der Waals surface area contributed by atoms with Gasteiger partial charge in [0.15, 0.2) is 0 Å². The van der Waals surface area contributed by atoms with Gasteiger partial charge in [0.05, 0.1) is 31.7 Å². The van der Waals surface area contributed by atoms with Crippen molar-refractivity contribution in [3.8, 4) is 11.5 Å². The van der Waals surface area contributed by atoms with Gasteiger partial charge in [-0.1, -0.05) is 0 Å². The lowest BCUT2D eigenvalue weighted by molar-refractivity contribution is -0.146. The molecule has 2 amide bonds. The molecular formula is C23H31N3O4. The van der Waals surface area contributed by atoms with Crippen molar-refractivity contribution >= 4 is 23.2 Å². The van der Waals surface area contributed by atoms with Crippen LogP contribution >= 0.6 is 0 Å². The third kappa shape index (κ3) is 4.16. The zero-order chi connectivity index (χ0) is 21.3. The standard InChI is InChI=1S/C23H31N3O4/c1-14(6-21(27)24-19-5-4-18(29-2)10-20(19)30-3)25-26-22(28)23-11-15-7-16(12-23)9-17(8-15)13-23/h4-5,10,15-17H,6-9,11-13H2,1-3H3,(H,24,27)(H,26,28)/b25-14-. The average Bonchev–Trinajstić information content (AvgIpc) is 2.71. The maximum atomic E-state index is 13.0. The number of methoxy groups -OCH3 is 2. The molecule has 1 aromatic rings. The second kappa shape index (κ2) is 8.28. The lowest BCUT2D eigenvalue weighted by atomic mass is 9.49. The number of carbonyl (C=O) groups is 2. The van der Waals surface area contributed by atoms with Crippen LogP contribution in [0.1, 0.15) is 51.9 Å². The Morgan fingerprint density at radius 1 is 1.07 bits per heavy atom. The molecule has 0 radical (unpaired) electrons. The Morgan fingerprint density at radius 2 is 1.70 bits per heavy atom. The predicted molar refractivity (Wildman–Crippen MR) is 115 cm³/mol. The molecule has 30 heavy (non-hydrogen) atoms. The normalized spacial score (nSPS) is 29.4. The maximum absolute atomic E-state index is 13.0. The summed E-state index contributed by atoms with van der Waals surface area (Å²) >= 11 is 0. The van der Waals surface area contributed by atoms with Gasteiger partial charge >= 0.3 is 0 Å². The lowest BCUT2D eigenvalue weighted by Crippen LogP contribution is -2.52. The van der Waals surface area contributed by atoms with Crippen LogP contribution in [0.2, 0.25) is 0 Å². The van der Waals surface area contributed by atoms with Crippen LogP contribution in [0, 0.1) is 23.2 Å². The van der Waals surface area contributed by atoms with Crippen LogP contribution in [0.3, 0.4) is 0 Å². The van der Waals surface area contributed by atoms with Crippen molar-refractivity contribution in [3.05, 3.63) is 18.2 Å². The highest BCUT2D eigenvalue weighted by atomic mass is 16.5. The third-order valence-corrected chi connectivity index (χ3v) is 6.97. The molecule has 4 aliphatic rings. The molecule has 0 unspecified atom stereocenters. The first-order chi connectivity index (χ1) is 14.4. The molecule has 0 aliphatic heterocycles. The van der Waals surface area contributed by atoms with Gasteiger partial charge in [-0.15, -0.1) is 0 Å². The minimum absolute atomic E-state index is 0.0400. The topological polar surface area (TPSA) is 89.0 Å². The molecule has 0 heterocycles. The number of ether oxygens (including phenoxy) is 2. The maximum Gasteiger partial charge on any atom is 0.246 e. The van der Waals surface area contributed by atoms with E-state index in [4.69, 9.17) is 9.47 Å². The Hall–Kier alpha value is -2.57. The fraction of sp³-hybridized carbons (Fsp3) is 0.609. The number of hydrazone groups is 1. The highest BCUT2D eigenvalue weighted by Gasteiger charge is 2.54. The largest absolute Gasteiger partial charge is 0.497 e. The van der Waals surface area contributed by atoms with Gasteiger partial charge in [-0.2, -0.15) is 5.10 Å². The number of hydrogen-bond acceptors (Lipinski definition) is 5. The second-order valence-electron chi connectivity index (χ2n) is 9.28. The van der Waals surface area contributed by atoms with Gasteiger partial charge in [-0.3, -0.25) is 9.59 Å². The van der Waals surface area contributed by atoms with Gasteiger partial charge in [-0.05, 0) is 75.3 Å².